The summed E-state index contributed by atoms with van der Waals surface area (Å²) in [7, 11) is 0. The number of aromatic nitrogens is 1. The second-order valence-electron chi connectivity index (χ2n) is 9.12. The molecule has 1 saturated carbocycles. The van der Waals surface area contributed by atoms with Crippen LogP contribution in [0, 0.1) is 11.7 Å². The van der Waals surface area contributed by atoms with Gasteiger partial charge in [0.1, 0.15) is 5.82 Å². The highest BCUT2D eigenvalue weighted by atomic mass is 19.1. The van der Waals surface area contributed by atoms with Crippen LogP contribution in [0.2, 0.25) is 0 Å². The lowest BCUT2D eigenvalue weighted by molar-refractivity contribution is -0.123. The van der Waals surface area contributed by atoms with Crippen LogP contribution in [0.15, 0.2) is 85.1 Å². The number of rotatable bonds is 5. The number of carbonyl (C=O) groups excluding carboxylic acids is 2. The fourth-order valence-corrected chi connectivity index (χ4v) is 4.95. The molecular formula is C28H24FN3O2. The SMILES string of the molecule is O=C(N[C@H]1CC(=O)N(c2ccc3c(ccn3-c3ccc(F)cc3)c2)[C@@H]1c1ccccc1)C1CC1. The Morgan fingerprint density at radius 2 is 1.65 bits per heavy atom. The number of halogens is 1. The third kappa shape index (κ3) is 3.65. The number of anilines is 1. The molecule has 2 heterocycles. The van der Waals surface area contributed by atoms with Gasteiger partial charge in [-0.25, -0.2) is 4.39 Å². The second-order valence-corrected chi connectivity index (χ2v) is 9.12. The Bertz CT molecular complexity index is 1380. The molecule has 1 aliphatic heterocycles. The quantitative estimate of drug-likeness (QED) is 0.455. The molecule has 34 heavy (non-hydrogen) atoms. The van der Waals surface area contributed by atoms with Gasteiger partial charge in [-0.1, -0.05) is 30.3 Å². The third-order valence-electron chi connectivity index (χ3n) is 6.80. The first kappa shape index (κ1) is 20.7. The molecule has 5 nitrogen and oxygen atoms in total. The highest BCUT2D eigenvalue weighted by molar-refractivity contribution is 6.00. The van der Waals surface area contributed by atoms with E-state index in [0.717, 1.165) is 40.7 Å². The average molecular weight is 454 g/mol. The summed E-state index contributed by atoms with van der Waals surface area (Å²) in [5, 5.41) is 4.13. The molecule has 0 radical (unpaired) electrons. The molecule has 2 atom stereocenters. The topological polar surface area (TPSA) is 54.3 Å². The molecule has 2 amide bonds. The molecule has 3 aromatic carbocycles. The monoisotopic (exact) mass is 453 g/mol. The highest BCUT2D eigenvalue weighted by Crippen LogP contribution is 2.39. The van der Waals surface area contributed by atoms with E-state index in [0.29, 0.717) is 0 Å². The van der Waals surface area contributed by atoms with E-state index in [2.05, 4.69) is 5.32 Å². The van der Waals surface area contributed by atoms with Crippen LogP contribution >= 0.6 is 0 Å². The standard InChI is InChI=1S/C28H24FN3O2/c29-21-8-10-22(11-9-21)31-15-14-20-16-23(12-13-25(20)31)32-26(33)17-24(30-28(34)19-6-7-19)27(32)18-4-2-1-3-5-18/h1-5,8-16,19,24,27H,6-7,17H2,(H,30,34)/t24-,27+/m0/s1. The van der Waals surface area contributed by atoms with E-state index in [4.69, 9.17) is 0 Å². The highest BCUT2D eigenvalue weighted by Gasteiger charge is 2.43. The van der Waals surface area contributed by atoms with Gasteiger partial charge in [-0.2, -0.15) is 0 Å². The van der Waals surface area contributed by atoms with E-state index >= 15 is 0 Å². The van der Waals surface area contributed by atoms with Crippen LogP contribution < -0.4 is 10.2 Å². The smallest absolute Gasteiger partial charge is 0.229 e. The minimum Gasteiger partial charge on any atom is -0.350 e. The lowest BCUT2D eigenvalue weighted by Crippen LogP contribution is -2.40. The zero-order valence-corrected chi connectivity index (χ0v) is 18.5. The van der Waals surface area contributed by atoms with Crippen molar-refractivity contribution in [3.05, 3.63) is 96.4 Å². The number of nitrogens with one attached hydrogen (secondary N) is 1. The van der Waals surface area contributed by atoms with E-state index < -0.39 is 0 Å². The van der Waals surface area contributed by atoms with E-state index in [9.17, 15) is 14.0 Å². The summed E-state index contributed by atoms with van der Waals surface area (Å²) in [6.07, 6.45) is 4.06. The maximum Gasteiger partial charge on any atom is 0.229 e. The first-order valence-electron chi connectivity index (χ1n) is 11.6. The number of nitrogens with zero attached hydrogens (tertiary/aromatic N) is 2. The van der Waals surface area contributed by atoms with Crippen molar-refractivity contribution in [3.8, 4) is 5.69 Å². The van der Waals surface area contributed by atoms with Crippen molar-refractivity contribution < 1.29 is 14.0 Å². The Kier molecular flexibility index (Phi) is 4.94. The number of benzene rings is 3. The van der Waals surface area contributed by atoms with Gasteiger partial charge in [0.15, 0.2) is 0 Å². The summed E-state index contributed by atoms with van der Waals surface area (Å²) >= 11 is 0. The molecule has 2 aliphatic rings. The molecule has 1 aromatic heterocycles. The van der Waals surface area contributed by atoms with Gasteiger partial charge >= 0.3 is 0 Å². The van der Waals surface area contributed by atoms with Gasteiger partial charge in [-0.3, -0.25) is 9.59 Å². The van der Waals surface area contributed by atoms with Crippen molar-refractivity contribution in [2.24, 2.45) is 5.92 Å². The van der Waals surface area contributed by atoms with Gasteiger partial charge in [0.2, 0.25) is 11.8 Å². The Balaban J connectivity index is 1.37. The zero-order valence-electron chi connectivity index (χ0n) is 18.5. The van der Waals surface area contributed by atoms with Gasteiger partial charge in [0, 0.05) is 35.3 Å². The Morgan fingerprint density at radius 3 is 2.38 bits per heavy atom. The predicted molar refractivity (Wildman–Crippen MR) is 129 cm³/mol. The molecule has 0 unspecified atom stereocenters. The van der Waals surface area contributed by atoms with Crippen molar-refractivity contribution in [2.45, 2.75) is 31.3 Å². The largest absolute Gasteiger partial charge is 0.350 e. The maximum absolute atomic E-state index is 13.4. The van der Waals surface area contributed by atoms with Crippen molar-refractivity contribution in [2.75, 3.05) is 4.90 Å². The van der Waals surface area contributed by atoms with Gasteiger partial charge in [-0.15, -0.1) is 0 Å². The summed E-state index contributed by atoms with van der Waals surface area (Å²) in [5.41, 5.74) is 3.63. The van der Waals surface area contributed by atoms with Crippen LogP contribution in [0.5, 0.6) is 0 Å². The fourth-order valence-electron chi connectivity index (χ4n) is 4.95. The normalized spacial score (nSPS) is 20.1. The zero-order chi connectivity index (χ0) is 23.2. The Hall–Kier alpha value is -3.93. The molecule has 1 aliphatic carbocycles. The first-order valence-corrected chi connectivity index (χ1v) is 11.6. The molecule has 1 saturated heterocycles. The summed E-state index contributed by atoms with van der Waals surface area (Å²) in [6, 6.07) is 23.6. The lowest BCUT2D eigenvalue weighted by atomic mass is 9.99. The molecule has 4 aromatic rings. The number of hydrogen-bond acceptors (Lipinski definition) is 2. The molecule has 6 rings (SSSR count). The lowest BCUT2D eigenvalue weighted by Gasteiger charge is -2.29. The van der Waals surface area contributed by atoms with Crippen molar-refractivity contribution in [3.63, 3.8) is 0 Å². The van der Waals surface area contributed by atoms with Crippen LogP contribution in [0.25, 0.3) is 16.6 Å². The molecule has 170 valence electrons. The van der Waals surface area contributed by atoms with Gasteiger partial charge in [0.05, 0.1) is 17.6 Å². The third-order valence-corrected chi connectivity index (χ3v) is 6.80. The summed E-state index contributed by atoms with van der Waals surface area (Å²) in [4.78, 5) is 27.6. The van der Waals surface area contributed by atoms with Crippen LogP contribution in [0.4, 0.5) is 10.1 Å². The predicted octanol–water partition coefficient (Wildman–Crippen LogP) is 5.14. The van der Waals surface area contributed by atoms with E-state index in [1.807, 2.05) is 70.3 Å². The number of fused-ring (bicyclic) bond motifs is 1. The second kappa shape index (κ2) is 8.13. The van der Waals surface area contributed by atoms with Crippen molar-refractivity contribution >= 4 is 28.4 Å². The van der Waals surface area contributed by atoms with Gasteiger partial charge < -0.3 is 14.8 Å². The molecule has 6 heteroatoms. The summed E-state index contributed by atoms with van der Waals surface area (Å²) < 4.78 is 15.4. The summed E-state index contributed by atoms with van der Waals surface area (Å²) in [6.45, 7) is 0. The minimum absolute atomic E-state index is 0.00716. The van der Waals surface area contributed by atoms with Gasteiger partial charge in [-0.05, 0) is 66.9 Å². The molecule has 1 N–H and O–H groups in total. The molecular weight excluding hydrogens is 429 g/mol. The van der Waals surface area contributed by atoms with Crippen LogP contribution in [-0.2, 0) is 9.59 Å². The number of carbonyl (C=O) groups is 2. The summed E-state index contributed by atoms with van der Waals surface area (Å²) in [5.74, 6) is -0.145. The van der Waals surface area contributed by atoms with E-state index in [1.165, 1.54) is 12.1 Å². The fraction of sp³-hybridized carbons (Fsp3) is 0.214. The van der Waals surface area contributed by atoms with E-state index in [1.54, 1.807) is 12.1 Å². The first-order chi connectivity index (χ1) is 16.6. The molecule has 2 fully saturated rings. The van der Waals surface area contributed by atoms with Crippen molar-refractivity contribution in [1.82, 2.24) is 9.88 Å². The van der Waals surface area contributed by atoms with Crippen LogP contribution in [0.1, 0.15) is 30.9 Å². The molecule has 0 spiro atoms. The Morgan fingerprint density at radius 1 is 0.912 bits per heavy atom. The van der Waals surface area contributed by atoms with E-state index in [-0.39, 0.29) is 42.1 Å². The maximum atomic E-state index is 13.4. The van der Waals surface area contributed by atoms with Crippen LogP contribution in [0.3, 0.4) is 0 Å². The number of hydrogen-bond donors (Lipinski definition) is 1. The Labute approximate surface area is 196 Å². The van der Waals surface area contributed by atoms with Gasteiger partial charge in [0.25, 0.3) is 0 Å². The molecule has 0 bridgehead atoms. The number of amides is 2. The van der Waals surface area contributed by atoms with Crippen LogP contribution in [-0.4, -0.2) is 22.4 Å². The minimum atomic E-state index is -0.275. The van der Waals surface area contributed by atoms with Crippen molar-refractivity contribution in [1.29, 1.82) is 0 Å². The average Bonchev–Trinajstić information content (AvgIpc) is 3.55.